The highest BCUT2D eigenvalue weighted by molar-refractivity contribution is 8.20. The van der Waals surface area contributed by atoms with Gasteiger partial charge in [0, 0.05) is 30.3 Å². The van der Waals surface area contributed by atoms with E-state index >= 15 is 0 Å². The fraction of sp³-hybridized carbons (Fsp3) is 0.385. The predicted molar refractivity (Wildman–Crippen MR) is 177 cm³/mol. The van der Waals surface area contributed by atoms with E-state index in [9.17, 15) is 44.4 Å². The molecule has 22 heteroatoms. The predicted octanol–water partition coefficient (Wildman–Crippen LogP) is 0.0277. The number of nitrogen functional groups attached to an aromatic ring is 1. The summed E-state index contributed by atoms with van der Waals surface area (Å²) in [5.74, 6) is -5.82. The van der Waals surface area contributed by atoms with Crippen molar-refractivity contribution in [3.63, 3.8) is 0 Å². The van der Waals surface area contributed by atoms with Crippen LogP contribution in [0, 0.1) is 0 Å². The maximum atomic E-state index is 13.3. The number of carboxylic acids is 2. The van der Waals surface area contributed by atoms with E-state index in [1.54, 1.807) is 0 Å². The van der Waals surface area contributed by atoms with E-state index in [-0.39, 0.29) is 46.0 Å². The minimum atomic E-state index is -1.81. The second-order valence-corrected chi connectivity index (χ2v) is 14.8. The highest BCUT2D eigenvalue weighted by Gasteiger charge is 2.62. The van der Waals surface area contributed by atoms with E-state index < -0.39 is 68.0 Å². The van der Waals surface area contributed by atoms with Crippen LogP contribution in [0.25, 0.3) is 0 Å². The molecule has 2 aliphatic rings. The van der Waals surface area contributed by atoms with Crippen molar-refractivity contribution in [1.82, 2.24) is 25.9 Å². The Morgan fingerprint density at radius 1 is 1.23 bits per heavy atom. The van der Waals surface area contributed by atoms with E-state index in [4.69, 9.17) is 22.2 Å². The molecule has 2 aromatic rings. The summed E-state index contributed by atoms with van der Waals surface area (Å²) in [5.41, 5.74) is 5.69. The number of aromatic hydroxyl groups is 2. The van der Waals surface area contributed by atoms with E-state index in [2.05, 4.69) is 31.3 Å². The maximum absolute atomic E-state index is 13.3. The first-order valence-electron chi connectivity index (χ1n) is 13.6. The number of nitrogens with zero attached hydrogens (tertiary/aromatic N) is 4. The van der Waals surface area contributed by atoms with Gasteiger partial charge in [-0.2, -0.15) is 5.10 Å². The Morgan fingerprint density at radius 2 is 1.94 bits per heavy atom. The molecule has 3 atom stereocenters. The van der Waals surface area contributed by atoms with Crippen molar-refractivity contribution in [2.75, 3.05) is 31.6 Å². The summed E-state index contributed by atoms with van der Waals surface area (Å²) in [4.78, 5) is 73.5. The van der Waals surface area contributed by atoms with Crippen LogP contribution in [0.5, 0.6) is 11.5 Å². The lowest BCUT2D eigenvalue weighted by atomic mass is 10.1. The SMILES string of the molecule is CN/N=C(\C(=O)NCCS[C@]1(C(=O)O)CN2C(=O)C(NC(=O)/C(=N\OC(C)(C)C(=O)O)c3csc(N)n3)[C@H]2S1)c1ccc(O)c(O)c1Cl. The summed E-state index contributed by atoms with van der Waals surface area (Å²) in [7, 11) is 1.43. The molecule has 0 bridgehead atoms. The number of aromatic nitrogens is 1. The van der Waals surface area contributed by atoms with Crippen LogP contribution in [0.2, 0.25) is 5.02 Å². The summed E-state index contributed by atoms with van der Waals surface area (Å²) in [6.07, 6.45) is 0. The standard InChI is InChI=1S/C26H29ClN8O10S3/c1-25(2,22(41)42)45-34-15(11-8-46-24(28)31-11)19(39)32-16-20(40)35-9-26(23(43)44,48-21(16)35)47-7-6-30-18(38)14(33-29-3)10-4-5-12(36)17(37)13(10)27/h4-5,8,16,21,29,36-37H,6-7,9H2,1-3H3,(H2,28,31)(H,30,38)(H,32,39)(H,41,42)(H,43,44)/b33-14-,34-15-/t16?,21-,26-/m1/s1. The molecule has 4 rings (SSSR count). The van der Waals surface area contributed by atoms with Crippen molar-refractivity contribution in [2.24, 2.45) is 10.3 Å². The number of carbonyl (C=O) groups is 5. The number of nitrogens with one attached hydrogen (secondary N) is 3. The van der Waals surface area contributed by atoms with Crippen molar-refractivity contribution < 1.29 is 49.2 Å². The van der Waals surface area contributed by atoms with Gasteiger partial charge < -0.3 is 52.0 Å². The molecule has 48 heavy (non-hydrogen) atoms. The maximum Gasteiger partial charge on any atom is 0.350 e. The largest absolute Gasteiger partial charge is 0.504 e. The number of thiazole rings is 1. The number of β-lactam (4-membered cyclic amide) rings is 1. The molecule has 1 aromatic carbocycles. The van der Waals surface area contributed by atoms with Gasteiger partial charge in [-0.3, -0.25) is 14.4 Å². The number of carboxylic acid groups (broad SMARTS) is 2. The molecule has 2 saturated heterocycles. The average Bonchev–Trinajstić information content (AvgIpc) is 3.62. The molecule has 258 valence electrons. The van der Waals surface area contributed by atoms with Crippen molar-refractivity contribution in [2.45, 2.75) is 34.9 Å². The molecule has 0 radical (unpaired) electrons. The number of phenols is 2. The quantitative estimate of drug-likeness (QED) is 0.0416. The van der Waals surface area contributed by atoms with E-state index in [0.717, 1.165) is 40.9 Å². The van der Waals surface area contributed by atoms with Crippen LogP contribution >= 0.6 is 46.5 Å². The minimum Gasteiger partial charge on any atom is -0.504 e. The van der Waals surface area contributed by atoms with Gasteiger partial charge in [-0.05, 0) is 26.0 Å². The van der Waals surface area contributed by atoms with Crippen molar-refractivity contribution in [1.29, 1.82) is 0 Å². The molecule has 1 unspecified atom stereocenters. The summed E-state index contributed by atoms with van der Waals surface area (Å²) in [6.45, 7) is 2.20. The van der Waals surface area contributed by atoms with Crippen LogP contribution in [0.3, 0.4) is 0 Å². The molecular formula is C26H29ClN8O10S3. The molecule has 1 aromatic heterocycles. The second kappa shape index (κ2) is 14.3. The van der Waals surface area contributed by atoms with Gasteiger partial charge in [0.25, 0.3) is 11.8 Å². The number of thioether (sulfide) groups is 2. The number of hydrogen-bond donors (Lipinski definition) is 8. The first-order chi connectivity index (χ1) is 22.5. The number of amides is 3. The van der Waals surface area contributed by atoms with Gasteiger partial charge >= 0.3 is 11.9 Å². The number of hydrazone groups is 1. The summed E-state index contributed by atoms with van der Waals surface area (Å²) < 4.78 is -1.55. The number of halogens is 1. The molecule has 2 aliphatic heterocycles. The van der Waals surface area contributed by atoms with E-state index in [0.29, 0.717) is 0 Å². The van der Waals surface area contributed by atoms with Gasteiger partial charge in [0.15, 0.2) is 32.1 Å². The molecular weight excluding hydrogens is 716 g/mol. The Balaban J connectivity index is 1.41. The molecule has 0 aliphatic carbocycles. The lowest BCUT2D eigenvalue weighted by Crippen LogP contribution is -2.68. The van der Waals surface area contributed by atoms with Gasteiger partial charge in [0.1, 0.15) is 17.1 Å². The third-order valence-electron chi connectivity index (χ3n) is 6.81. The smallest absolute Gasteiger partial charge is 0.350 e. The van der Waals surface area contributed by atoms with Gasteiger partial charge in [-0.1, -0.05) is 16.8 Å². The second-order valence-electron chi connectivity index (χ2n) is 10.5. The van der Waals surface area contributed by atoms with E-state index in [1.807, 2.05) is 0 Å². The van der Waals surface area contributed by atoms with Crippen LogP contribution in [0.4, 0.5) is 5.13 Å². The zero-order valence-corrected chi connectivity index (χ0v) is 28.4. The van der Waals surface area contributed by atoms with Gasteiger partial charge in [0.05, 0.1) is 11.6 Å². The zero-order chi connectivity index (χ0) is 35.6. The third-order valence-corrected chi connectivity index (χ3v) is 11.1. The number of carbonyl (C=O) groups excluding carboxylic acids is 3. The number of oxime groups is 1. The molecule has 9 N–H and O–H groups in total. The Kier molecular flexibility index (Phi) is 10.9. The van der Waals surface area contributed by atoms with Crippen LogP contribution in [-0.2, 0) is 28.8 Å². The number of hydrogen-bond acceptors (Lipinski definition) is 16. The van der Waals surface area contributed by atoms with Crippen LogP contribution < -0.4 is 21.8 Å². The first kappa shape index (κ1) is 36.4. The molecule has 2 fully saturated rings. The summed E-state index contributed by atoms with van der Waals surface area (Å²) >= 11 is 8.97. The average molecular weight is 745 g/mol. The Hall–Kier alpha value is -4.47. The number of anilines is 1. The van der Waals surface area contributed by atoms with Crippen molar-refractivity contribution in [3.8, 4) is 11.5 Å². The number of phenolic OH excluding ortho intramolecular Hbond substituents is 2. The number of benzene rings is 1. The number of nitrogens with two attached hydrogens (primary N) is 1. The minimum absolute atomic E-state index is 0.0243. The molecule has 3 amide bonds. The number of aliphatic carboxylic acids is 2. The fourth-order valence-electron chi connectivity index (χ4n) is 4.23. The highest BCUT2D eigenvalue weighted by atomic mass is 35.5. The van der Waals surface area contributed by atoms with Gasteiger partial charge in [-0.15, -0.1) is 34.9 Å². The lowest BCUT2D eigenvalue weighted by molar-refractivity contribution is -0.161. The first-order valence-corrected chi connectivity index (χ1v) is 16.8. The normalized spacial score (nSPS) is 20.8. The highest BCUT2D eigenvalue weighted by Crippen LogP contribution is 2.52. The molecule has 3 heterocycles. The van der Waals surface area contributed by atoms with Crippen LogP contribution in [0.15, 0.2) is 27.8 Å². The third kappa shape index (κ3) is 7.32. The van der Waals surface area contributed by atoms with Crippen LogP contribution in [-0.4, -0.2) is 118 Å². The van der Waals surface area contributed by atoms with Crippen LogP contribution in [0.1, 0.15) is 25.1 Å². The molecule has 0 saturated carbocycles. The molecule has 0 spiro atoms. The Morgan fingerprint density at radius 3 is 2.54 bits per heavy atom. The zero-order valence-electron chi connectivity index (χ0n) is 25.2. The Labute approximate surface area is 289 Å². The van der Waals surface area contributed by atoms with Crippen molar-refractivity contribution in [3.05, 3.63) is 33.8 Å². The number of fused-ring (bicyclic) bond motifs is 1. The topological polar surface area (TPSA) is 278 Å². The summed E-state index contributed by atoms with van der Waals surface area (Å²) in [6, 6.07) is 1.28. The van der Waals surface area contributed by atoms with E-state index in [1.165, 1.54) is 37.2 Å². The fourth-order valence-corrected chi connectivity index (χ4v) is 8.06. The Bertz CT molecular complexity index is 1720. The summed E-state index contributed by atoms with van der Waals surface area (Å²) in [5, 5.41) is 52.2. The monoisotopic (exact) mass is 744 g/mol. The van der Waals surface area contributed by atoms with Gasteiger partial charge in [0.2, 0.25) is 11.5 Å². The lowest BCUT2D eigenvalue weighted by Gasteiger charge is -2.41. The van der Waals surface area contributed by atoms with Crippen molar-refractivity contribution >= 4 is 92.7 Å². The molecule has 18 nitrogen and oxygen atoms in total. The number of rotatable bonds is 14. The van der Waals surface area contributed by atoms with Gasteiger partial charge in [-0.25, -0.2) is 14.6 Å².